The number of rotatable bonds is 14. The van der Waals surface area contributed by atoms with Gasteiger partial charge in [-0.2, -0.15) is 0 Å². The van der Waals surface area contributed by atoms with E-state index in [0.717, 1.165) is 34.0 Å². The molecule has 0 spiro atoms. The lowest BCUT2D eigenvalue weighted by Gasteiger charge is -2.17. The molecule has 6 rings (SSSR count). The Morgan fingerprint density at radius 1 is 0.522 bits per heavy atom. The predicted molar refractivity (Wildman–Crippen MR) is 210 cm³/mol. The Labute approximate surface area is 286 Å². The van der Waals surface area contributed by atoms with Gasteiger partial charge in [0.1, 0.15) is 0 Å². The summed E-state index contributed by atoms with van der Waals surface area (Å²) in [5.41, 5.74) is 7.46. The number of hydrogen-bond acceptors (Lipinski definition) is 2. The minimum absolute atomic E-state index is 0.688. The quantitative estimate of drug-likeness (QED) is 0.0861. The van der Waals surface area contributed by atoms with Crippen molar-refractivity contribution in [3.63, 3.8) is 0 Å². The zero-order valence-corrected chi connectivity index (χ0v) is 29.9. The van der Waals surface area contributed by atoms with Crippen LogP contribution in [-0.4, -0.2) is 9.13 Å². The van der Waals surface area contributed by atoms with E-state index in [9.17, 15) is 0 Å². The first kappa shape index (κ1) is 32.8. The molecule has 2 nitrogen and oxygen atoms in total. The number of hydrogen-bond donors (Lipinski definition) is 2. The van der Waals surface area contributed by atoms with Crippen molar-refractivity contribution in [2.24, 2.45) is 11.8 Å². The maximum absolute atomic E-state index is 5.12. The van der Waals surface area contributed by atoms with Crippen LogP contribution in [0, 0.1) is 11.8 Å². The van der Waals surface area contributed by atoms with Gasteiger partial charge in [-0.15, -0.1) is 25.3 Å². The lowest BCUT2D eigenvalue weighted by Crippen LogP contribution is -2.10. The van der Waals surface area contributed by atoms with Crippen LogP contribution in [0.3, 0.4) is 0 Å². The molecule has 0 saturated carbocycles. The summed E-state index contributed by atoms with van der Waals surface area (Å²) in [7, 11) is 0. The Balaban J connectivity index is 1.40. The number of aromatic nitrogens is 2. The fraction of sp³-hybridized carbons (Fsp3) is 0.381. The van der Waals surface area contributed by atoms with E-state index in [1.165, 1.54) is 95.0 Å². The average molecular weight is 647 g/mol. The highest BCUT2D eigenvalue weighted by atomic mass is 32.1. The highest BCUT2D eigenvalue weighted by Gasteiger charge is 2.18. The van der Waals surface area contributed by atoms with Crippen LogP contribution in [0.1, 0.15) is 90.2 Å². The highest BCUT2D eigenvalue weighted by Crippen LogP contribution is 2.39. The summed E-state index contributed by atoms with van der Waals surface area (Å²) in [6.45, 7) is 11.4. The van der Waals surface area contributed by atoms with Gasteiger partial charge in [0, 0.05) is 66.5 Å². The van der Waals surface area contributed by atoms with Gasteiger partial charge >= 0.3 is 0 Å². The number of para-hydroxylation sites is 2. The van der Waals surface area contributed by atoms with Gasteiger partial charge in [0.25, 0.3) is 0 Å². The minimum Gasteiger partial charge on any atom is -0.340 e. The largest absolute Gasteiger partial charge is 0.340 e. The van der Waals surface area contributed by atoms with Crippen LogP contribution in [0.4, 0.5) is 0 Å². The lowest BCUT2D eigenvalue weighted by atomic mass is 9.99. The number of nitrogens with zero attached hydrogens (tertiary/aromatic N) is 2. The third-order valence-electron chi connectivity index (χ3n) is 10.3. The van der Waals surface area contributed by atoms with Crippen molar-refractivity contribution < 1.29 is 0 Å². The molecule has 0 fully saturated rings. The first-order valence-corrected chi connectivity index (χ1v) is 18.5. The van der Waals surface area contributed by atoms with Crippen LogP contribution in [0.5, 0.6) is 0 Å². The molecule has 0 aliphatic rings. The van der Waals surface area contributed by atoms with Crippen molar-refractivity contribution in [2.45, 2.75) is 92.2 Å². The van der Waals surface area contributed by atoms with Crippen molar-refractivity contribution in [2.75, 3.05) is 0 Å². The molecular weight excluding hydrogens is 597 g/mol. The Kier molecular flexibility index (Phi) is 10.6. The summed E-state index contributed by atoms with van der Waals surface area (Å²) in [4.78, 5) is 1.82. The van der Waals surface area contributed by atoms with Gasteiger partial charge in [-0.1, -0.05) is 115 Å². The molecule has 0 bridgehead atoms. The molecule has 2 aromatic heterocycles. The first-order chi connectivity index (χ1) is 22.5. The third-order valence-corrected chi connectivity index (χ3v) is 11.4. The highest BCUT2D eigenvalue weighted by molar-refractivity contribution is 7.96. The first-order valence-electron chi connectivity index (χ1n) is 17.6. The lowest BCUT2D eigenvalue weighted by molar-refractivity contribution is 0.401. The molecule has 0 aliphatic heterocycles. The van der Waals surface area contributed by atoms with E-state index in [1.54, 1.807) is 0 Å². The van der Waals surface area contributed by atoms with E-state index in [1.807, 2.05) is 0 Å². The van der Waals surface area contributed by atoms with Crippen molar-refractivity contribution in [1.29, 1.82) is 0 Å². The van der Waals surface area contributed by atoms with Gasteiger partial charge in [-0.05, 0) is 72.2 Å². The summed E-state index contributed by atoms with van der Waals surface area (Å²) in [5.74, 6) is 1.38. The standard InChI is InChI=1S/C42H50N2S2/c1-5-9-15-29(7-3)27-43-37-19-13-11-17-33(37)35-25-31(21-23-39(35)43)41(45)42(46)32-22-24-40-36(26-32)34-18-12-14-20-38(34)44(40)28-30(8-4)16-10-6-2/h11-14,17-26,29-30,45-46H,5-10,15-16,27-28H2,1-4H3/b42-41+. The molecule has 2 atom stereocenters. The smallest absolute Gasteiger partial charge is 0.0491 e. The maximum Gasteiger partial charge on any atom is 0.0491 e. The Hall–Kier alpha value is -3.08. The maximum atomic E-state index is 5.12. The molecule has 0 amide bonds. The van der Waals surface area contributed by atoms with Gasteiger partial charge in [0.05, 0.1) is 0 Å². The second-order valence-corrected chi connectivity index (χ2v) is 14.1. The van der Waals surface area contributed by atoms with E-state index >= 15 is 0 Å². The number of fused-ring (bicyclic) bond motifs is 6. The van der Waals surface area contributed by atoms with Crippen LogP contribution in [0.15, 0.2) is 84.9 Å². The molecule has 0 saturated heterocycles. The second-order valence-electron chi connectivity index (χ2n) is 13.2. The summed E-state index contributed by atoms with van der Waals surface area (Å²) < 4.78 is 5.10. The van der Waals surface area contributed by atoms with Gasteiger partial charge in [0.15, 0.2) is 0 Å². The van der Waals surface area contributed by atoms with Crippen molar-refractivity contribution >= 4 is 78.7 Å². The predicted octanol–water partition coefficient (Wildman–Crippen LogP) is 13.0. The van der Waals surface area contributed by atoms with Crippen molar-refractivity contribution in [3.05, 3.63) is 96.1 Å². The molecule has 2 unspecified atom stereocenters. The van der Waals surface area contributed by atoms with E-state index in [2.05, 4.69) is 122 Å². The Morgan fingerprint density at radius 3 is 1.30 bits per heavy atom. The van der Waals surface area contributed by atoms with E-state index in [0.29, 0.717) is 11.8 Å². The normalized spacial score (nSPS) is 14.0. The molecule has 4 aromatic carbocycles. The third kappa shape index (κ3) is 6.40. The van der Waals surface area contributed by atoms with Crippen LogP contribution in [-0.2, 0) is 13.1 Å². The fourth-order valence-corrected chi connectivity index (χ4v) is 7.96. The fourth-order valence-electron chi connectivity index (χ4n) is 7.42. The van der Waals surface area contributed by atoms with Crippen molar-refractivity contribution in [1.82, 2.24) is 9.13 Å². The summed E-state index contributed by atoms with van der Waals surface area (Å²) >= 11 is 10.2. The van der Waals surface area contributed by atoms with Crippen LogP contribution >= 0.6 is 25.3 Å². The Morgan fingerprint density at radius 2 is 0.913 bits per heavy atom. The van der Waals surface area contributed by atoms with Crippen LogP contribution in [0.25, 0.3) is 53.4 Å². The molecule has 0 aliphatic carbocycles. The topological polar surface area (TPSA) is 9.86 Å². The molecule has 6 aromatic rings. The van der Waals surface area contributed by atoms with Gasteiger partial charge in [0.2, 0.25) is 0 Å². The van der Waals surface area contributed by atoms with Crippen LogP contribution < -0.4 is 0 Å². The van der Waals surface area contributed by atoms with E-state index in [4.69, 9.17) is 25.3 Å². The molecule has 0 N–H and O–H groups in total. The second kappa shape index (κ2) is 14.8. The monoisotopic (exact) mass is 646 g/mol. The van der Waals surface area contributed by atoms with E-state index in [-0.39, 0.29) is 0 Å². The van der Waals surface area contributed by atoms with E-state index < -0.39 is 0 Å². The summed E-state index contributed by atoms with van der Waals surface area (Å²) in [6, 6.07) is 31.5. The average Bonchev–Trinajstić information content (AvgIpc) is 3.58. The molecular formula is C42H50N2S2. The molecule has 46 heavy (non-hydrogen) atoms. The molecule has 0 radical (unpaired) electrons. The summed E-state index contributed by atoms with van der Waals surface area (Å²) in [6.07, 6.45) is 10.1. The number of thiol groups is 2. The minimum atomic E-state index is 0.688. The number of unbranched alkanes of at least 4 members (excludes halogenated alkanes) is 2. The SMILES string of the molecule is CCCCC(CC)Cn1c2ccccc2c2cc(/C(S)=C(\S)c3ccc4c(c3)c3ccccc3n4CC(CC)CCCC)ccc21. The zero-order chi connectivity index (χ0) is 32.2. The zero-order valence-electron chi connectivity index (χ0n) is 28.1. The van der Waals surface area contributed by atoms with Gasteiger partial charge in [-0.25, -0.2) is 0 Å². The van der Waals surface area contributed by atoms with Crippen molar-refractivity contribution in [3.8, 4) is 0 Å². The molecule has 2 heterocycles. The van der Waals surface area contributed by atoms with Gasteiger partial charge < -0.3 is 9.13 Å². The van der Waals surface area contributed by atoms with Gasteiger partial charge in [-0.3, -0.25) is 0 Å². The Bertz CT molecular complexity index is 1850. The molecule has 4 heteroatoms. The number of benzene rings is 4. The van der Waals surface area contributed by atoms with Crippen LogP contribution in [0.2, 0.25) is 0 Å². The molecule has 240 valence electrons. The summed E-state index contributed by atoms with van der Waals surface area (Å²) in [5, 5.41) is 5.20.